The average molecular weight is 294 g/mol. The van der Waals surface area contributed by atoms with Crippen molar-refractivity contribution in [2.75, 3.05) is 5.73 Å². The maximum atomic E-state index is 12.4. The summed E-state index contributed by atoms with van der Waals surface area (Å²) in [5.74, 6) is 0.133. The lowest BCUT2D eigenvalue weighted by molar-refractivity contribution is 0.463. The van der Waals surface area contributed by atoms with Crippen LogP contribution in [0.15, 0.2) is 41.4 Å². The van der Waals surface area contributed by atoms with E-state index in [0.29, 0.717) is 0 Å². The normalized spacial score (nSPS) is 13.6. The summed E-state index contributed by atoms with van der Waals surface area (Å²) in [6, 6.07) is 9.12. The van der Waals surface area contributed by atoms with E-state index in [1.807, 2.05) is 44.2 Å². The molecule has 0 aliphatic rings. The van der Waals surface area contributed by atoms with Crippen LogP contribution < -0.4 is 10.5 Å². The number of hydrogen-bond donors (Lipinski definition) is 3. The van der Waals surface area contributed by atoms with Gasteiger partial charge in [-0.15, -0.1) is 0 Å². The van der Waals surface area contributed by atoms with Crippen molar-refractivity contribution in [3.63, 3.8) is 0 Å². The lowest BCUT2D eigenvalue weighted by atomic mass is 9.97. The minimum atomic E-state index is -3.71. The van der Waals surface area contributed by atoms with Gasteiger partial charge in [0.15, 0.2) is 0 Å². The highest BCUT2D eigenvalue weighted by atomic mass is 32.2. The quantitative estimate of drug-likeness (QED) is 0.780. The number of aromatic amines is 1. The Hall–Kier alpha value is -1.86. The van der Waals surface area contributed by atoms with Gasteiger partial charge in [0.2, 0.25) is 10.0 Å². The zero-order chi connectivity index (χ0) is 14.8. The van der Waals surface area contributed by atoms with Crippen molar-refractivity contribution in [1.29, 1.82) is 0 Å². The Morgan fingerprint density at radius 3 is 2.40 bits per heavy atom. The summed E-state index contributed by atoms with van der Waals surface area (Å²) in [7, 11) is -3.71. The summed E-state index contributed by atoms with van der Waals surface area (Å²) in [6.07, 6.45) is 1.21. The second kappa shape index (κ2) is 5.64. The number of aromatic nitrogens is 2. The summed E-state index contributed by atoms with van der Waals surface area (Å²) in [5, 5.41) is 6.07. The van der Waals surface area contributed by atoms with Crippen LogP contribution in [0.3, 0.4) is 0 Å². The van der Waals surface area contributed by atoms with Crippen molar-refractivity contribution >= 4 is 15.8 Å². The van der Waals surface area contributed by atoms with Crippen LogP contribution in [0.2, 0.25) is 0 Å². The number of sulfonamides is 1. The van der Waals surface area contributed by atoms with Gasteiger partial charge >= 0.3 is 0 Å². The maximum Gasteiger partial charge on any atom is 0.246 e. The Morgan fingerprint density at radius 2 is 1.90 bits per heavy atom. The van der Waals surface area contributed by atoms with E-state index in [1.54, 1.807) is 0 Å². The van der Waals surface area contributed by atoms with Crippen molar-refractivity contribution < 1.29 is 8.42 Å². The minimum Gasteiger partial charge on any atom is -0.383 e. The third kappa shape index (κ3) is 3.00. The van der Waals surface area contributed by atoms with Crippen molar-refractivity contribution in [3.8, 4) is 0 Å². The predicted octanol–water partition coefficient (Wildman–Crippen LogP) is 1.67. The topological polar surface area (TPSA) is 101 Å². The summed E-state index contributed by atoms with van der Waals surface area (Å²) >= 11 is 0. The fraction of sp³-hybridized carbons (Fsp3) is 0.308. The van der Waals surface area contributed by atoms with Crippen LogP contribution in [-0.2, 0) is 10.0 Å². The van der Waals surface area contributed by atoms with E-state index in [1.165, 1.54) is 6.20 Å². The van der Waals surface area contributed by atoms with Gasteiger partial charge in [0, 0.05) is 6.04 Å². The molecule has 1 aromatic carbocycles. The van der Waals surface area contributed by atoms with Crippen molar-refractivity contribution in [1.82, 2.24) is 14.9 Å². The lowest BCUT2D eigenvalue weighted by Gasteiger charge is -2.22. The molecular weight excluding hydrogens is 276 g/mol. The van der Waals surface area contributed by atoms with Crippen molar-refractivity contribution in [2.45, 2.75) is 24.8 Å². The first-order chi connectivity index (χ1) is 9.42. The second-order valence-corrected chi connectivity index (χ2v) is 6.58. The van der Waals surface area contributed by atoms with Crippen molar-refractivity contribution in [2.24, 2.45) is 5.92 Å². The summed E-state index contributed by atoms with van der Waals surface area (Å²) in [5.41, 5.74) is 6.49. The summed E-state index contributed by atoms with van der Waals surface area (Å²) in [4.78, 5) is -0.0286. The molecule has 1 heterocycles. The largest absolute Gasteiger partial charge is 0.383 e. The lowest BCUT2D eigenvalue weighted by Crippen LogP contribution is -2.32. The molecule has 0 saturated carbocycles. The van der Waals surface area contributed by atoms with Crippen LogP contribution in [0.25, 0.3) is 0 Å². The first-order valence-electron chi connectivity index (χ1n) is 6.28. The number of nitrogens with zero attached hydrogens (tertiary/aromatic N) is 1. The van der Waals surface area contributed by atoms with E-state index in [2.05, 4.69) is 14.9 Å². The third-order valence-electron chi connectivity index (χ3n) is 3.03. The van der Waals surface area contributed by atoms with Gasteiger partial charge in [-0.05, 0) is 11.5 Å². The molecule has 0 aliphatic heterocycles. The minimum absolute atomic E-state index is 0.0286. The molecule has 0 bridgehead atoms. The molecule has 0 radical (unpaired) electrons. The number of H-pyrrole nitrogens is 1. The highest BCUT2D eigenvalue weighted by Crippen LogP contribution is 2.25. The van der Waals surface area contributed by atoms with E-state index in [-0.39, 0.29) is 22.7 Å². The molecule has 0 aliphatic carbocycles. The van der Waals surface area contributed by atoms with Gasteiger partial charge in [-0.1, -0.05) is 44.2 Å². The Balaban J connectivity index is 2.32. The molecule has 2 aromatic rings. The van der Waals surface area contributed by atoms with Gasteiger partial charge < -0.3 is 5.73 Å². The number of nitrogens with two attached hydrogens (primary N) is 1. The summed E-state index contributed by atoms with van der Waals surface area (Å²) < 4.78 is 27.4. The Kier molecular flexibility index (Phi) is 4.10. The molecule has 0 saturated heterocycles. The molecule has 1 atom stereocenters. The first kappa shape index (κ1) is 14.5. The van der Waals surface area contributed by atoms with Gasteiger partial charge in [-0.3, -0.25) is 5.10 Å². The summed E-state index contributed by atoms with van der Waals surface area (Å²) in [6.45, 7) is 3.91. The molecule has 1 aromatic heterocycles. The standard InChI is InChI=1S/C13H18N4O2S/c1-9(2)12(10-6-4-3-5-7-10)17-20(18,19)11-8-15-16-13(11)14/h3-9,12,17H,1-2H3,(H3,14,15,16). The molecule has 1 unspecified atom stereocenters. The zero-order valence-electron chi connectivity index (χ0n) is 11.4. The molecular formula is C13H18N4O2S. The van der Waals surface area contributed by atoms with Crippen LogP contribution >= 0.6 is 0 Å². The molecule has 2 rings (SSSR count). The predicted molar refractivity (Wildman–Crippen MR) is 77.3 cm³/mol. The highest BCUT2D eigenvalue weighted by Gasteiger charge is 2.26. The third-order valence-corrected chi connectivity index (χ3v) is 4.50. The molecule has 0 amide bonds. The second-order valence-electron chi connectivity index (χ2n) is 4.90. The van der Waals surface area contributed by atoms with E-state index in [0.717, 1.165) is 5.56 Å². The van der Waals surface area contributed by atoms with Crippen LogP contribution in [0, 0.1) is 5.92 Å². The average Bonchev–Trinajstić information content (AvgIpc) is 2.84. The van der Waals surface area contributed by atoms with Gasteiger partial charge in [0.05, 0.1) is 6.20 Å². The Labute approximate surface area is 118 Å². The molecule has 108 valence electrons. The van der Waals surface area contributed by atoms with Crippen molar-refractivity contribution in [3.05, 3.63) is 42.1 Å². The van der Waals surface area contributed by atoms with Crippen LogP contribution in [0.5, 0.6) is 0 Å². The molecule has 4 N–H and O–H groups in total. The van der Waals surface area contributed by atoms with Crippen LogP contribution in [0.1, 0.15) is 25.5 Å². The number of anilines is 1. The van der Waals surface area contributed by atoms with Crippen LogP contribution in [0.4, 0.5) is 5.82 Å². The van der Waals surface area contributed by atoms with E-state index < -0.39 is 10.0 Å². The van der Waals surface area contributed by atoms with Gasteiger partial charge in [-0.25, -0.2) is 13.1 Å². The maximum absolute atomic E-state index is 12.4. The smallest absolute Gasteiger partial charge is 0.246 e. The SMILES string of the molecule is CC(C)C(NS(=O)(=O)c1cn[nH]c1N)c1ccccc1. The number of rotatable bonds is 5. The number of nitrogen functional groups attached to an aromatic ring is 1. The van der Waals surface area contributed by atoms with E-state index >= 15 is 0 Å². The molecule has 7 heteroatoms. The number of benzene rings is 1. The van der Waals surface area contributed by atoms with Crippen LogP contribution in [-0.4, -0.2) is 18.6 Å². The molecule has 20 heavy (non-hydrogen) atoms. The molecule has 6 nitrogen and oxygen atoms in total. The fourth-order valence-electron chi connectivity index (χ4n) is 1.98. The van der Waals surface area contributed by atoms with Gasteiger partial charge in [0.25, 0.3) is 0 Å². The Morgan fingerprint density at radius 1 is 1.25 bits per heavy atom. The van der Waals surface area contributed by atoms with Gasteiger partial charge in [-0.2, -0.15) is 5.10 Å². The van der Waals surface area contributed by atoms with E-state index in [4.69, 9.17) is 5.73 Å². The Bertz CT molecular complexity index is 665. The van der Waals surface area contributed by atoms with Gasteiger partial charge in [0.1, 0.15) is 10.7 Å². The van der Waals surface area contributed by atoms with E-state index in [9.17, 15) is 8.42 Å². The number of hydrogen-bond acceptors (Lipinski definition) is 4. The molecule has 0 spiro atoms. The number of nitrogens with one attached hydrogen (secondary N) is 2. The zero-order valence-corrected chi connectivity index (χ0v) is 12.2. The molecule has 0 fully saturated rings. The highest BCUT2D eigenvalue weighted by molar-refractivity contribution is 7.89. The monoisotopic (exact) mass is 294 g/mol. The first-order valence-corrected chi connectivity index (χ1v) is 7.76. The fourth-order valence-corrected chi connectivity index (χ4v) is 3.38.